The molecule has 172 valence electrons. The Morgan fingerprint density at radius 1 is 0.656 bits per heavy atom. The molecule has 1 aliphatic rings. The van der Waals surface area contributed by atoms with Crippen LogP contribution in [0.4, 0.5) is 15.8 Å². The number of aliphatic hydroxyl groups excluding tert-OH is 2. The maximum atomic E-state index is 14.7. The van der Waals surface area contributed by atoms with Crippen molar-refractivity contribution in [2.45, 2.75) is 0 Å². The molecule has 0 radical (unpaired) electrons. The average Bonchev–Trinajstić information content (AvgIpc) is 2.78. The molecule has 2 aromatic rings. The molecule has 0 aromatic heterocycles. The first-order valence-electron chi connectivity index (χ1n) is 10.4. The largest absolute Gasteiger partial charge is 0.507 e. The van der Waals surface area contributed by atoms with Crippen LogP contribution in [0, 0.1) is 5.82 Å². The number of fused-ring (bicyclic) bond motifs is 2. The Hall–Kier alpha value is -3.05. The number of hydrogen-bond donors (Lipinski definition) is 7. The van der Waals surface area contributed by atoms with Crippen molar-refractivity contribution < 1.29 is 29.3 Å². The molecule has 0 heterocycles. The number of halogens is 1. The van der Waals surface area contributed by atoms with Gasteiger partial charge in [0.1, 0.15) is 11.6 Å². The van der Waals surface area contributed by atoms with Gasteiger partial charge in [0.2, 0.25) is 5.78 Å². The third-order valence-corrected chi connectivity index (χ3v) is 5.06. The molecule has 0 saturated heterocycles. The number of phenols is 1. The van der Waals surface area contributed by atoms with E-state index < -0.39 is 17.4 Å². The van der Waals surface area contributed by atoms with E-state index in [1.165, 1.54) is 18.2 Å². The van der Waals surface area contributed by atoms with E-state index in [-0.39, 0.29) is 41.2 Å². The number of benzene rings is 2. The Kier molecular flexibility index (Phi) is 8.12. The summed E-state index contributed by atoms with van der Waals surface area (Å²) in [5.41, 5.74) is -0.0569. The summed E-state index contributed by atoms with van der Waals surface area (Å²) in [6, 6.07) is 5.32. The number of aromatic hydroxyl groups is 1. The van der Waals surface area contributed by atoms with Gasteiger partial charge in [0.25, 0.3) is 0 Å². The number of aliphatic hydroxyl groups is 2. The van der Waals surface area contributed by atoms with E-state index in [2.05, 4.69) is 21.3 Å². The van der Waals surface area contributed by atoms with Crippen molar-refractivity contribution in [2.75, 3.05) is 63.1 Å². The molecule has 32 heavy (non-hydrogen) atoms. The molecule has 0 fully saturated rings. The van der Waals surface area contributed by atoms with E-state index in [9.17, 15) is 19.1 Å². The highest BCUT2D eigenvalue weighted by Crippen LogP contribution is 2.40. The molecule has 10 heteroatoms. The molecule has 0 amide bonds. The zero-order chi connectivity index (χ0) is 23.1. The van der Waals surface area contributed by atoms with E-state index >= 15 is 0 Å². The van der Waals surface area contributed by atoms with Crippen LogP contribution in [0.25, 0.3) is 0 Å². The quantitative estimate of drug-likeness (QED) is 0.154. The van der Waals surface area contributed by atoms with Gasteiger partial charge >= 0.3 is 0 Å². The number of phenolic OH excluding ortho intramolecular Hbond substituents is 1. The number of ketones is 2. The molecule has 7 N–H and O–H groups in total. The number of rotatable bonds is 12. The van der Waals surface area contributed by atoms with Gasteiger partial charge in [-0.15, -0.1) is 0 Å². The lowest BCUT2D eigenvalue weighted by Crippen LogP contribution is -2.29. The fourth-order valence-electron chi connectivity index (χ4n) is 3.62. The molecule has 0 aliphatic heterocycles. The summed E-state index contributed by atoms with van der Waals surface area (Å²) < 4.78 is 14.7. The number of hydrogen-bond acceptors (Lipinski definition) is 9. The van der Waals surface area contributed by atoms with E-state index in [0.29, 0.717) is 50.6 Å². The molecule has 0 saturated carbocycles. The van der Waals surface area contributed by atoms with Crippen LogP contribution in [-0.2, 0) is 0 Å². The molecule has 9 nitrogen and oxygen atoms in total. The fraction of sp³-hybridized carbons (Fsp3) is 0.364. The lowest BCUT2D eigenvalue weighted by molar-refractivity contribution is 0.0974. The first-order chi connectivity index (χ1) is 15.5. The SMILES string of the molecule is O=C1c2c(F)ccc(NCCNCCO)c2C(=O)c2c(O)ccc(NCCNCCO)c21. The average molecular weight is 446 g/mol. The van der Waals surface area contributed by atoms with E-state index in [4.69, 9.17) is 10.2 Å². The highest BCUT2D eigenvalue weighted by Gasteiger charge is 2.37. The number of anilines is 2. The van der Waals surface area contributed by atoms with Crippen molar-refractivity contribution in [3.63, 3.8) is 0 Å². The Morgan fingerprint density at radius 3 is 1.72 bits per heavy atom. The second kappa shape index (κ2) is 11.0. The van der Waals surface area contributed by atoms with Crippen molar-refractivity contribution in [2.24, 2.45) is 0 Å². The second-order valence-corrected chi connectivity index (χ2v) is 7.19. The topological polar surface area (TPSA) is 143 Å². The van der Waals surface area contributed by atoms with E-state index in [1.54, 1.807) is 0 Å². The summed E-state index contributed by atoms with van der Waals surface area (Å²) >= 11 is 0. The lowest BCUT2D eigenvalue weighted by Gasteiger charge is -2.24. The summed E-state index contributed by atoms with van der Waals surface area (Å²) in [5, 5.41) is 40.0. The summed E-state index contributed by atoms with van der Waals surface area (Å²) in [6.45, 7) is 2.53. The maximum Gasteiger partial charge on any atom is 0.200 e. The predicted octanol–water partition coefficient (Wildman–Crippen LogP) is 0.294. The van der Waals surface area contributed by atoms with Gasteiger partial charge in [-0.3, -0.25) is 9.59 Å². The molecular formula is C22H27FN4O5. The number of nitrogens with one attached hydrogen (secondary N) is 4. The Balaban J connectivity index is 1.92. The van der Waals surface area contributed by atoms with Gasteiger partial charge < -0.3 is 36.6 Å². The summed E-state index contributed by atoms with van der Waals surface area (Å²) in [7, 11) is 0. The van der Waals surface area contributed by atoms with E-state index in [1.807, 2.05) is 0 Å². The maximum absolute atomic E-state index is 14.7. The summed E-state index contributed by atoms with van der Waals surface area (Å²) in [5.74, 6) is -2.49. The minimum atomic E-state index is -0.813. The Bertz CT molecular complexity index is 919. The second-order valence-electron chi connectivity index (χ2n) is 7.19. The number of carbonyl (C=O) groups is 2. The predicted molar refractivity (Wildman–Crippen MR) is 118 cm³/mol. The zero-order valence-electron chi connectivity index (χ0n) is 17.5. The van der Waals surface area contributed by atoms with Gasteiger partial charge in [0.15, 0.2) is 5.78 Å². The highest BCUT2D eigenvalue weighted by molar-refractivity contribution is 6.32. The van der Waals surface area contributed by atoms with E-state index in [0.717, 1.165) is 6.07 Å². The first kappa shape index (κ1) is 23.6. The monoisotopic (exact) mass is 446 g/mol. The van der Waals surface area contributed by atoms with Crippen molar-refractivity contribution >= 4 is 22.9 Å². The normalized spacial score (nSPS) is 12.5. The zero-order valence-corrected chi connectivity index (χ0v) is 17.5. The van der Waals surface area contributed by atoms with Crippen LogP contribution >= 0.6 is 0 Å². The van der Waals surface area contributed by atoms with Crippen molar-refractivity contribution in [1.29, 1.82) is 0 Å². The highest BCUT2D eigenvalue weighted by atomic mass is 19.1. The van der Waals surface area contributed by atoms with Crippen LogP contribution in [0.5, 0.6) is 5.75 Å². The molecule has 0 unspecified atom stereocenters. The molecular weight excluding hydrogens is 419 g/mol. The van der Waals surface area contributed by atoms with Crippen molar-refractivity contribution in [3.8, 4) is 5.75 Å². The molecule has 3 rings (SSSR count). The van der Waals surface area contributed by atoms with Gasteiger partial charge in [-0.1, -0.05) is 0 Å². The minimum Gasteiger partial charge on any atom is -0.507 e. The standard InChI is InChI=1S/C22H27FN4O5/c23-13-1-2-14(26-7-5-24-9-11-28)18-17(13)21(31)19-15(27-8-6-25-10-12-29)3-4-16(30)20(19)22(18)32/h1-4,24-30H,5-12H2. The Labute approximate surface area is 184 Å². The van der Waals surface area contributed by atoms with Gasteiger partial charge in [0, 0.05) is 50.6 Å². The van der Waals surface area contributed by atoms with Gasteiger partial charge in [-0.2, -0.15) is 0 Å². The molecule has 2 aromatic carbocycles. The van der Waals surface area contributed by atoms with Crippen LogP contribution in [0.15, 0.2) is 24.3 Å². The van der Waals surface area contributed by atoms with Crippen molar-refractivity contribution in [1.82, 2.24) is 10.6 Å². The van der Waals surface area contributed by atoms with Crippen LogP contribution < -0.4 is 21.3 Å². The van der Waals surface area contributed by atoms with Crippen LogP contribution in [0.1, 0.15) is 31.8 Å². The lowest BCUT2D eigenvalue weighted by atomic mass is 9.81. The molecule has 0 atom stereocenters. The van der Waals surface area contributed by atoms with Crippen LogP contribution in [0.3, 0.4) is 0 Å². The summed E-state index contributed by atoms with van der Waals surface area (Å²) in [6.07, 6.45) is 0. The smallest absolute Gasteiger partial charge is 0.200 e. The molecule has 0 bridgehead atoms. The van der Waals surface area contributed by atoms with Crippen molar-refractivity contribution in [3.05, 3.63) is 52.3 Å². The van der Waals surface area contributed by atoms with Gasteiger partial charge in [0.05, 0.1) is 35.5 Å². The third-order valence-electron chi connectivity index (χ3n) is 5.06. The fourth-order valence-corrected chi connectivity index (χ4v) is 3.62. The molecule has 1 aliphatic carbocycles. The van der Waals surface area contributed by atoms with Gasteiger partial charge in [-0.25, -0.2) is 4.39 Å². The van der Waals surface area contributed by atoms with Gasteiger partial charge in [-0.05, 0) is 24.3 Å². The number of carbonyl (C=O) groups excluding carboxylic acids is 2. The first-order valence-corrected chi connectivity index (χ1v) is 10.4. The van der Waals surface area contributed by atoms with Crippen LogP contribution in [-0.4, -0.2) is 79.4 Å². The van der Waals surface area contributed by atoms with Crippen LogP contribution in [0.2, 0.25) is 0 Å². The Morgan fingerprint density at radius 2 is 1.16 bits per heavy atom. The molecule has 0 spiro atoms. The summed E-state index contributed by atoms with van der Waals surface area (Å²) in [4.78, 5) is 26.6. The minimum absolute atomic E-state index is 0.00841. The third kappa shape index (κ3) is 4.89.